The van der Waals surface area contributed by atoms with Crippen LogP contribution in [0, 0.1) is 12.3 Å². The lowest BCUT2D eigenvalue weighted by molar-refractivity contribution is 0.318. The van der Waals surface area contributed by atoms with Gasteiger partial charge in [-0.2, -0.15) is 0 Å². The Morgan fingerprint density at radius 1 is 1.44 bits per heavy atom. The molecule has 1 aromatic heterocycles. The quantitative estimate of drug-likeness (QED) is 0.561. The molecule has 0 bridgehead atoms. The van der Waals surface area contributed by atoms with Crippen molar-refractivity contribution in [2.75, 3.05) is 20.1 Å². The molecule has 0 saturated heterocycles. The summed E-state index contributed by atoms with van der Waals surface area (Å²) in [5.41, 5.74) is 0. The van der Waals surface area contributed by atoms with Crippen molar-refractivity contribution in [1.82, 2.24) is 10.2 Å². The second-order valence-corrected chi connectivity index (χ2v) is 3.92. The summed E-state index contributed by atoms with van der Waals surface area (Å²) in [6.07, 6.45) is 6.37. The largest absolute Gasteiger partial charge is 0.463 e. The Bertz CT molecular complexity index is 338. The van der Waals surface area contributed by atoms with Crippen LogP contribution in [0.25, 0.3) is 0 Å². The highest BCUT2D eigenvalue weighted by molar-refractivity contribution is 5.07. The van der Waals surface area contributed by atoms with Gasteiger partial charge in [0.15, 0.2) is 0 Å². The summed E-state index contributed by atoms with van der Waals surface area (Å²) < 4.78 is 5.67. The molecule has 16 heavy (non-hydrogen) atoms. The maximum Gasteiger partial charge on any atom is 0.118 e. The van der Waals surface area contributed by atoms with Crippen molar-refractivity contribution in [2.45, 2.75) is 26.4 Å². The molecule has 1 N–H and O–H groups in total. The van der Waals surface area contributed by atoms with Crippen molar-refractivity contribution in [1.29, 1.82) is 0 Å². The minimum atomic E-state index is 0.643. The van der Waals surface area contributed by atoms with Gasteiger partial charge in [0.05, 0.1) is 19.6 Å². The molecule has 0 saturated carbocycles. The average molecular weight is 220 g/mol. The minimum absolute atomic E-state index is 0.643. The molecular weight excluding hydrogens is 200 g/mol. The van der Waals surface area contributed by atoms with E-state index < -0.39 is 0 Å². The second-order valence-electron chi connectivity index (χ2n) is 3.92. The minimum Gasteiger partial charge on any atom is -0.463 e. The molecule has 0 aromatic carbocycles. The van der Waals surface area contributed by atoms with E-state index in [1.54, 1.807) is 0 Å². The molecule has 3 nitrogen and oxygen atoms in total. The van der Waals surface area contributed by atoms with Crippen LogP contribution in [0.3, 0.4) is 0 Å². The van der Waals surface area contributed by atoms with Crippen LogP contribution >= 0.6 is 0 Å². The molecule has 1 heterocycles. The molecule has 1 rings (SSSR count). The molecule has 0 aliphatic rings. The molecule has 3 heteroatoms. The maximum absolute atomic E-state index is 5.67. The normalized spacial score (nSPS) is 10.6. The van der Waals surface area contributed by atoms with Crippen LogP contribution in [0.2, 0.25) is 0 Å². The van der Waals surface area contributed by atoms with Crippen molar-refractivity contribution in [3.8, 4) is 12.3 Å². The Kier molecular flexibility index (Phi) is 5.69. The van der Waals surface area contributed by atoms with Gasteiger partial charge in [0.2, 0.25) is 0 Å². The van der Waals surface area contributed by atoms with Gasteiger partial charge < -0.3 is 9.73 Å². The van der Waals surface area contributed by atoms with Gasteiger partial charge >= 0.3 is 0 Å². The molecule has 0 aliphatic carbocycles. The second kappa shape index (κ2) is 7.10. The van der Waals surface area contributed by atoms with Crippen molar-refractivity contribution < 1.29 is 4.42 Å². The Hall–Kier alpha value is -1.24. The number of rotatable bonds is 7. The molecule has 0 fully saturated rings. The van der Waals surface area contributed by atoms with E-state index in [0.29, 0.717) is 6.54 Å². The number of nitrogens with one attached hydrogen (secondary N) is 1. The van der Waals surface area contributed by atoms with Gasteiger partial charge in [-0.3, -0.25) is 4.90 Å². The standard InChI is InChI=1S/C13H20N2O/c1-4-8-14-10-12-6-7-13(16-12)11-15(3)9-5-2/h2,6-7,14H,4,8-11H2,1,3H3. The predicted molar refractivity (Wildman–Crippen MR) is 65.9 cm³/mol. The topological polar surface area (TPSA) is 28.4 Å². The zero-order valence-corrected chi connectivity index (χ0v) is 10.1. The number of hydrogen-bond donors (Lipinski definition) is 1. The number of hydrogen-bond acceptors (Lipinski definition) is 3. The van der Waals surface area contributed by atoms with Crippen LogP contribution in [0.5, 0.6) is 0 Å². The molecule has 0 spiro atoms. The van der Waals surface area contributed by atoms with E-state index in [1.165, 1.54) is 0 Å². The molecule has 88 valence electrons. The Balaban J connectivity index is 2.36. The first-order valence-corrected chi connectivity index (χ1v) is 5.66. The predicted octanol–water partition coefficient (Wildman–Crippen LogP) is 1.84. The van der Waals surface area contributed by atoms with Crippen LogP contribution in [0.15, 0.2) is 16.5 Å². The zero-order chi connectivity index (χ0) is 11.8. The molecule has 1 aromatic rings. The van der Waals surface area contributed by atoms with Gasteiger partial charge in [0.1, 0.15) is 11.5 Å². The van der Waals surface area contributed by atoms with Gasteiger partial charge in [0, 0.05) is 0 Å². The highest BCUT2D eigenvalue weighted by Gasteiger charge is 2.04. The lowest BCUT2D eigenvalue weighted by atomic mass is 10.4. The molecule has 0 aliphatic heterocycles. The number of furan rings is 1. The molecule has 0 radical (unpaired) electrons. The summed E-state index contributed by atoms with van der Waals surface area (Å²) in [6, 6.07) is 4.03. The first-order chi connectivity index (χ1) is 7.76. The monoisotopic (exact) mass is 220 g/mol. The van der Waals surface area contributed by atoms with Crippen molar-refractivity contribution >= 4 is 0 Å². The van der Waals surface area contributed by atoms with E-state index in [0.717, 1.165) is 37.6 Å². The zero-order valence-electron chi connectivity index (χ0n) is 10.1. The van der Waals surface area contributed by atoms with Crippen LogP contribution in [-0.2, 0) is 13.1 Å². The van der Waals surface area contributed by atoms with Gasteiger partial charge in [-0.1, -0.05) is 12.8 Å². The van der Waals surface area contributed by atoms with E-state index >= 15 is 0 Å². The molecule has 0 atom stereocenters. The first kappa shape index (κ1) is 12.8. The van der Waals surface area contributed by atoms with Crippen molar-refractivity contribution in [3.05, 3.63) is 23.7 Å². The summed E-state index contributed by atoms with van der Waals surface area (Å²) in [5.74, 6) is 4.56. The van der Waals surface area contributed by atoms with Gasteiger partial charge in [-0.05, 0) is 32.1 Å². The third-order valence-corrected chi connectivity index (χ3v) is 2.23. The number of nitrogens with zero attached hydrogens (tertiary/aromatic N) is 1. The summed E-state index contributed by atoms with van der Waals surface area (Å²) >= 11 is 0. The molecule has 0 unspecified atom stereocenters. The van der Waals surface area contributed by atoms with E-state index in [-0.39, 0.29) is 0 Å². The molecular formula is C13H20N2O. The van der Waals surface area contributed by atoms with Gasteiger partial charge in [0.25, 0.3) is 0 Å². The fraction of sp³-hybridized carbons (Fsp3) is 0.538. The van der Waals surface area contributed by atoms with E-state index in [9.17, 15) is 0 Å². The summed E-state index contributed by atoms with van der Waals surface area (Å²) in [4.78, 5) is 2.04. The number of terminal acetylenes is 1. The van der Waals surface area contributed by atoms with Crippen LogP contribution in [0.4, 0.5) is 0 Å². The van der Waals surface area contributed by atoms with E-state index in [1.807, 2.05) is 24.1 Å². The fourth-order valence-corrected chi connectivity index (χ4v) is 1.47. The lowest BCUT2D eigenvalue weighted by Crippen LogP contribution is -2.17. The van der Waals surface area contributed by atoms with Crippen LogP contribution in [-0.4, -0.2) is 25.0 Å². The Labute approximate surface area is 97.8 Å². The summed E-state index contributed by atoms with van der Waals surface area (Å²) in [5, 5.41) is 3.30. The SMILES string of the molecule is C#CCN(C)Cc1ccc(CNCCC)o1. The molecule has 0 amide bonds. The third-order valence-electron chi connectivity index (χ3n) is 2.23. The van der Waals surface area contributed by atoms with E-state index in [2.05, 4.69) is 18.2 Å². The summed E-state index contributed by atoms with van der Waals surface area (Å²) in [7, 11) is 1.98. The van der Waals surface area contributed by atoms with Crippen LogP contribution in [0.1, 0.15) is 24.9 Å². The van der Waals surface area contributed by atoms with Crippen molar-refractivity contribution in [3.63, 3.8) is 0 Å². The summed E-state index contributed by atoms with van der Waals surface area (Å²) in [6.45, 7) is 5.37. The highest BCUT2D eigenvalue weighted by atomic mass is 16.3. The Morgan fingerprint density at radius 2 is 2.19 bits per heavy atom. The maximum atomic E-state index is 5.67. The van der Waals surface area contributed by atoms with Gasteiger partial charge in [-0.15, -0.1) is 6.42 Å². The highest BCUT2D eigenvalue weighted by Crippen LogP contribution is 2.09. The fourth-order valence-electron chi connectivity index (χ4n) is 1.47. The smallest absolute Gasteiger partial charge is 0.118 e. The average Bonchev–Trinajstić information content (AvgIpc) is 2.66. The van der Waals surface area contributed by atoms with Gasteiger partial charge in [-0.25, -0.2) is 0 Å². The lowest BCUT2D eigenvalue weighted by Gasteiger charge is -2.10. The van der Waals surface area contributed by atoms with Crippen LogP contribution < -0.4 is 5.32 Å². The Morgan fingerprint density at radius 3 is 2.88 bits per heavy atom. The van der Waals surface area contributed by atoms with Crippen molar-refractivity contribution in [2.24, 2.45) is 0 Å². The van der Waals surface area contributed by atoms with E-state index in [4.69, 9.17) is 10.8 Å². The first-order valence-electron chi connectivity index (χ1n) is 5.66. The third kappa shape index (κ3) is 4.52.